The second-order valence-electron chi connectivity index (χ2n) is 10.4. The number of nitrogens with zero attached hydrogens (tertiary/aromatic N) is 6. The number of morpholine rings is 1. The molecule has 8 nitrogen and oxygen atoms in total. The lowest BCUT2D eigenvalue weighted by molar-refractivity contribution is 0.122. The molecule has 38 heavy (non-hydrogen) atoms. The summed E-state index contributed by atoms with van der Waals surface area (Å²) in [4.78, 5) is 17.9. The number of hydrogen-bond donors (Lipinski definition) is 1. The van der Waals surface area contributed by atoms with Crippen molar-refractivity contribution in [3.05, 3.63) is 36.2 Å². The molecule has 1 saturated heterocycles. The van der Waals surface area contributed by atoms with Crippen LogP contribution in [0.2, 0.25) is 0 Å². The van der Waals surface area contributed by atoms with Gasteiger partial charge in [0.25, 0.3) is 6.43 Å². The highest BCUT2D eigenvalue weighted by Crippen LogP contribution is 2.30. The first-order chi connectivity index (χ1) is 18.4. The first-order valence-corrected chi connectivity index (χ1v) is 13.4. The molecular weight excluding hydrogens is 495 g/mol. The minimum Gasteiger partial charge on any atom is -0.378 e. The van der Waals surface area contributed by atoms with Crippen molar-refractivity contribution in [2.24, 2.45) is 5.92 Å². The van der Waals surface area contributed by atoms with Crippen LogP contribution >= 0.6 is 0 Å². The Kier molecular flexibility index (Phi) is 8.32. The Labute approximate surface area is 221 Å². The fourth-order valence-corrected chi connectivity index (χ4v) is 5.57. The van der Waals surface area contributed by atoms with E-state index in [4.69, 9.17) is 9.72 Å². The van der Waals surface area contributed by atoms with Gasteiger partial charge in [-0.05, 0) is 57.7 Å². The number of fused-ring (bicyclic) bond motifs is 1. The highest BCUT2D eigenvalue weighted by molar-refractivity contribution is 5.78. The second-order valence-corrected chi connectivity index (χ2v) is 10.4. The Morgan fingerprint density at radius 2 is 1.74 bits per heavy atom. The van der Waals surface area contributed by atoms with E-state index in [1.807, 2.05) is 7.05 Å². The molecule has 1 aromatic carbocycles. The summed E-state index contributed by atoms with van der Waals surface area (Å²) in [5.74, 6) is 1.54. The lowest BCUT2D eigenvalue weighted by Crippen LogP contribution is -2.39. The van der Waals surface area contributed by atoms with Crippen molar-refractivity contribution in [1.82, 2.24) is 24.4 Å². The number of benzene rings is 1. The van der Waals surface area contributed by atoms with E-state index in [9.17, 15) is 13.2 Å². The van der Waals surface area contributed by atoms with Gasteiger partial charge in [0.2, 0.25) is 5.95 Å². The third-order valence-electron chi connectivity index (χ3n) is 7.57. The predicted octanol–water partition coefficient (Wildman–Crippen LogP) is 4.85. The fraction of sp³-hybridized carbons (Fsp3) is 0.593. The molecule has 0 bridgehead atoms. The zero-order valence-corrected chi connectivity index (χ0v) is 22.0. The standard InChI is InChI=1S/C27H36F3N7O/c1-18(28)17-35(2)20-9-7-19(8-10-20)16-31-27-33-23(36-11-13-38-14-12-36)15-24(34-27)37-22-6-4-3-5-21(22)32-26(37)25(29)30/h3-6,15,18-20,25H,7-14,16-17H2,1-2H3,(H,31,33,34)/t18?,19-,20-. The molecule has 0 spiro atoms. The molecule has 5 rings (SSSR count). The molecule has 2 aromatic heterocycles. The molecule has 1 aliphatic carbocycles. The largest absolute Gasteiger partial charge is 0.378 e. The topological polar surface area (TPSA) is 71.3 Å². The maximum atomic E-state index is 14.1. The number of imidazole rings is 1. The molecule has 2 fully saturated rings. The van der Waals surface area contributed by atoms with Gasteiger partial charge in [0.1, 0.15) is 17.8 Å². The Balaban J connectivity index is 1.38. The molecule has 3 heterocycles. The highest BCUT2D eigenvalue weighted by Gasteiger charge is 2.26. The molecule has 1 saturated carbocycles. The molecule has 11 heteroatoms. The quantitative estimate of drug-likeness (QED) is 0.423. The highest BCUT2D eigenvalue weighted by atomic mass is 19.3. The van der Waals surface area contributed by atoms with Crippen LogP contribution in [0.25, 0.3) is 16.9 Å². The van der Waals surface area contributed by atoms with Crippen molar-refractivity contribution in [3.63, 3.8) is 0 Å². The summed E-state index contributed by atoms with van der Waals surface area (Å²) in [5.41, 5.74) is 1.07. The molecule has 1 unspecified atom stereocenters. The first kappa shape index (κ1) is 26.7. The number of ether oxygens (including phenoxy) is 1. The van der Waals surface area contributed by atoms with E-state index < -0.39 is 12.6 Å². The molecule has 1 aliphatic heterocycles. The second kappa shape index (κ2) is 11.9. The van der Waals surface area contributed by atoms with Gasteiger partial charge < -0.3 is 19.9 Å². The number of nitrogens with one attached hydrogen (secondary N) is 1. The molecule has 0 radical (unpaired) electrons. The maximum Gasteiger partial charge on any atom is 0.296 e. The Morgan fingerprint density at radius 1 is 1.03 bits per heavy atom. The van der Waals surface area contributed by atoms with Crippen LogP contribution in [0, 0.1) is 5.92 Å². The summed E-state index contributed by atoms with van der Waals surface area (Å²) in [6, 6.07) is 9.25. The van der Waals surface area contributed by atoms with Gasteiger partial charge in [0, 0.05) is 38.3 Å². The molecule has 0 amide bonds. The summed E-state index contributed by atoms with van der Waals surface area (Å²) >= 11 is 0. The third-order valence-corrected chi connectivity index (χ3v) is 7.57. The van der Waals surface area contributed by atoms with Crippen molar-refractivity contribution in [2.75, 3.05) is 56.7 Å². The molecule has 3 aromatic rings. The summed E-state index contributed by atoms with van der Waals surface area (Å²) < 4.78 is 48.5. The zero-order chi connectivity index (χ0) is 26.6. The molecule has 2 aliphatic rings. The summed E-state index contributed by atoms with van der Waals surface area (Å²) in [7, 11) is 2.00. The number of para-hydroxylation sites is 2. The molecule has 1 atom stereocenters. The van der Waals surface area contributed by atoms with E-state index in [1.165, 1.54) is 4.57 Å². The average molecular weight is 532 g/mol. The Hall–Kier alpha value is -2.92. The van der Waals surface area contributed by atoms with Crippen LogP contribution in [-0.4, -0.2) is 83.1 Å². The van der Waals surface area contributed by atoms with Gasteiger partial charge >= 0.3 is 0 Å². The minimum absolute atomic E-state index is 0.339. The van der Waals surface area contributed by atoms with Crippen LogP contribution in [0.15, 0.2) is 30.3 Å². The van der Waals surface area contributed by atoms with Crippen LogP contribution in [-0.2, 0) is 4.74 Å². The van der Waals surface area contributed by atoms with Crippen molar-refractivity contribution in [2.45, 2.75) is 51.2 Å². The van der Waals surface area contributed by atoms with Gasteiger partial charge in [-0.15, -0.1) is 0 Å². The molecular formula is C27H36F3N7O. The number of alkyl halides is 3. The van der Waals surface area contributed by atoms with E-state index in [0.29, 0.717) is 80.0 Å². The number of anilines is 2. The van der Waals surface area contributed by atoms with E-state index in [0.717, 1.165) is 25.7 Å². The van der Waals surface area contributed by atoms with Gasteiger partial charge in [-0.25, -0.2) is 18.2 Å². The van der Waals surface area contributed by atoms with Crippen LogP contribution in [0.4, 0.5) is 24.9 Å². The van der Waals surface area contributed by atoms with Gasteiger partial charge in [-0.3, -0.25) is 4.57 Å². The number of rotatable bonds is 9. The third kappa shape index (κ3) is 6.04. The average Bonchev–Trinajstić information content (AvgIpc) is 3.32. The van der Waals surface area contributed by atoms with Crippen LogP contribution < -0.4 is 10.2 Å². The lowest BCUT2D eigenvalue weighted by atomic mass is 9.85. The van der Waals surface area contributed by atoms with Crippen molar-refractivity contribution in [1.29, 1.82) is 0 Å². The van der Waals surface area contributed by atoms with E-state index >= 15 is 0 Å². The maximum absolute atomic E-state index is 14.1. The van der Waals surface area contributed by atoms with Crippen molar-refractivity contribution < 1.29 is 17.9 Å². The minimum atomic E-state index is -2.76. The zero-order valence-electron chi connectivity index (χ0n) is 22.0. The van der Waals surface area contributed by atoms with Gasteiger partial charge in [-0.1, -0.05) is 12.1 Å². The van der Waals surface area contributed by atoms with Crippen LogP contribution in [0.5, 0.6) is 0 Å². The van der Waals surface area contributed by atoms with Gasteiger partial charge in [0.05, 0.1) is 24.2 Å². The summed E-state index contributed by atoms with van der Waals surface area (Å²) in [6.45, 7) is 5.24. The van der Waals surface area contributed by atoms with Crippen LogP contribution in [0.3, 0.4) is 0 Å². The monoisotopic (exact) mass is 531 g/mol. The number of hydrogen-bond acceptors (Lipinski definition) is 7. The van der Waals surface area contributed by atoms with Crippen molar-refractivity contribution in [3.8, 4) is 5.82 Å². The van der Waals surface area contributed by atoms with E-state index in [1.54, 1.807) is 37.3 Å². The van der Waals surface area contributed by atoms with Gasteiger partial charge in [-0.2, -0.15) is 9.97 Å². The van der Waals surface area contributed by atoms with Crippen LogP contribution in [0.1, 0.15) is 44.9 Å². The summed E-state index contributed by atoms with van der Waals surface area (Å²) in [6.07, 6.45) is 0.514. The van der Waals surface area contributed by atoms with Crippen molar-refractivity contribution >= 4 is 22.8 Å². The molecule has 206 valence electrons. The van der Waals surface area contributed by atoms with E-state index in [-0.39, 0.29) is 5.82 Å². The lowest BCUT2D eigenvalue weighted by Gasteiger charge is -2.35. The normalized spacial score (nSPS) is 21.4. The number of aromatic nitrogens is 4. The van der Waals surface area contributed by atoms with E-state index in [2.05, 4.69) is 25.1 Å². The van der Waals surface area contributed by atoms with Gasteiger partial charge in [0.15, 0.2) is 5.82 Å². The predicted molar refractivity (Wildman–Crippen MR) is 142 cm³/mol. The Bertz CT molecular complexity index is 1210. The first-order valence-electron chi connectivity index (χ1n) is 13.4. The summed E-state index contributed by atoms with van der Waals surface area (Å²) in [5, 5.41) is 3.39. The Morgan fingerprint density at radius 3 is 2.45 bits per heavy atom. The number of halogens is 3. The smallest absolute Gasteiger partial charge is 0.296 e. The fourth-order valence-electron chi connectivity index (χ4n) is 5.57. The SMILES string of the molecule is CC(F)CN(C)[C@H]1CC[C@H](CNc2nc(N3CCOCC3)cc(-n3c(C(F)F)nc4ccccc43)n2)CC1. The molecule has 1 N–H and O–H groups in total.